The van der Waals surface area contributed by atoms with Gasteiger partial charge in [-0.3, -0.25) is 9.89 Å². The summed E-state index contributed by atoms with van der Waals surface area (Å²) < 4.78 is 0. The van der Waals surface area contributed by atoms with Gasteiger partial charge in [-0.1, -0.05) is 38.8 Å². The molecule has 130 valence electrons. The largest absolute Gasteiger partial charge is 0.341 e. The topological polar surface area (TPSA) is 61.9 Å². The average Bonchev–Trinajstić information content (AvgIpc) is 3.36. The van der Waals surface area contributed by atoms with Gasteiger partial charge in [0.25, 0.3) is 0 Å². The molecule has 1 atom stereocenters. The standard InChI is InChI=1S/C19H28N4O/c1-13(2)16-20-17(22-21-16)15-11-23(12-19(15)9-5-6-10-19)18(24)14-7-3-4-8-14/h3-4,13-15H,5-12H2,1-2H3,(H,20,21,22). The van der Waals surface area contributed by atoms with E-state index in [1.54, 1.807) is 0 Å². The first-order chi connectivity index (χ1) is 11.6. The van der Waals surface area contributed by atoms with Crippen molar-refractivity contribution in [2.45, 2.75) is 64.2 Å². The lowest BCUT2D eigenvalue weighted by molar-refractivity contribution is -0.134. The number of likely N-dealkylation sites (tertiary alicyclic amines) is 1. The van der Waals surface area contributed by atoms with E-state index in [2.05, 4.69) is 41.1 Å². The van der Waals surface area contributed by atoms with Crippen molar-refractivity contribution in [3.8, 4) is 0 Å². The minimum atomic E-state index is 0.170. The Balaban J connectivity index is 1.58. The van der Waals surface area contributed by atoms with Gasteiger partial charge in [-0.05, 0) is 31.1 Å². The van der Waals surface area contributed by atoms with E-state index in [4.69, 9.17) is 4.98 Å². The third-order valence-electron chi connectivity index (χ3n) is 6.28. The van der Waals surface area contributed by atoms with Gasteiger partial charge in [0.15, 0.2) is 5.82 Å². The molecule has 2 fully saturated rings. The molecule has 1 aromatic heterocycles. The van der Waals surface area contributed by atoms with E-state index in [0.717, 1.165) is 37.6 Å². The van der Waals surface area contributed by atoms with Gasteiger partial charge in [-0.2, -0.15) is 5.10 Å². The summed E-state index contributed by atoms with van der Waals surface area (Å²) in [5.74, 6) is 3.06. The highest BCUT2D eigenvalue weighted by molar-refractivity contribution is 5.80. The second-order valence-electron chi connectivity index (χ2n) is 8.21. The molecule has 1 saturated carbocycles. The van der Waals surface area contributed by atoms with Crippen molar-refractivity contribution >= 4 is 5.91 Å². The molecule has 2 aliphatic carbocycles. The second-order valence-corrected chi connectivity index (χ2v) is 8.21. The number of aromatic nitrogens is 3. The van der Waals surface area contributed by atoms with Gasteiger partial charge in [-0.15, -0.1) is 0 Å². The number of carbonyl (C=O) groups is 1. The molecule has 2 heterocycles. The average molecular weight is 328 g/mol. The molecule has 1 aliphatic heterocycles. The van der Waals surface area contributed by atoms with Gasteiger partial charge in [0.05, 0.1) is 0 Å². The van der Waals surface area contributed by atoms with Gasteiger partial charge in [0.1, 0.15) is 5.82 Å². The van der Waals surface area contributed by atoms with Gasteiger partial charge in [0.2, 0.25) is 5.91 Å². The van der Waals surface area contributed by atoms with Crippen LogP contribution in [0.5, 0.6) is 0 Å². The van der Waals surface area contributed by atoms with E-state index >= 15 is 0 Å². The summed E-state index contributed by atoms with van der Waals surface area (Å²) in [4.78, 5) is 19.8. The predicted molar refractivity (Wildman–Crippen MR) is 92.6 cm³/mol. The second kappa shape index (κ2) is 6.01. The van der Waals surface area contributed by atoms with Crippen LogP contribution in [0.2, 0.25) is 0 Å². The van der Waals surface area contributed by atoms with Crippen molar-refractivity contribution in [3.63, 3.8) is 0 Å². The highest BCUT2D eigenvalue weighted by Crippen LogP contribution is 2.53. The Hall–Kier alpha value is -1.65. The monoisotopic (exact) mass is 328 g/mol. The molecule has 1 N–H and O–H groups in total. The molecule has 1 saturated heterocycles. The van der Waals surface area contributed by atoms with Crippen molar-refractivity contribution in [2.75, 3.05) is 13.1 Å². The molecule has 1 aromatic rings. The fourth-order valence-electron chi connectivity index (χ4n) is 4.88. The third kappa shape index (κ3) is 2.58. The maximum absolute atomic E-state index is 12.9. The zero-order chi connectivity index (χ0) is 16.7. The van der Waals surface area contributed by atoms with E-state index in [9.17, 15) is 4.79 Å². The zero-order valence-corrected chi connectivity index (χ0v) is 14.8. The Morgan fingerprint density at radius 1 is 1.29 bits per heavy atom. The molecular weight excluding hydrogens is 300 g/mol. The number of hydrogen-bond donors (Lipinski definition) is 1. The lowest BCUT2D eigenvalue weighted by Crippen LogP contribution is -2.35. The van der Waals surface area contributed by atoms with Gasteiger partial charge in [0, 0.05) is 30.8 Å². The summed E-state index contributed by atoms with van der Waals surface area (Å²) in [7, 11) is 0. The third-order valence-corrected chi connectivity index (χ3v) is 6.28. The van der Waals surface area contributed by atoms with Crippen LogP contribution in [0.3, 0.4) is 0 Å². The molecule has 5 heteroatoms. The molecule has 24 heavy (non-hydrogen) atoms. The lowest BCUT2D eigenvalue weighted by atomic mass is 9.76. The Kier molecular flexibility index (Phi) is 3.97. The van der Waals surface area contributed by atoms with Crippen LogP contribution in [0.4, 0.5) is 0 Å². The summed E-state index contributed by atoms with van der Waals surface area (Å²) in [6.45, 7) is 5.96. The Morgan fingerprint density at radius 3 is 2.62 bits per heavy atom. The number of hydrogen-bond acceptors (Lipinski definition) is 3. The maximum atomic E-state index is 12.9. The summed E-state index contributed by atoms with van der Waals surface area (Å²) >= 11 is 0. The van der Waals surface area contributed by atoms with Crippen molar-refractivity contribution in [3.05, 3.63) is 23.8 Å². The highest BCUT2D eigenvalue weighted by atomic mass is 16.2. The number of nitrogens with one attached hydrogen (secondary N) is 1. The highest BCUT2D eigenvalue weighted by Gasteiger charge is 2.51. The Labute approximate surface area is 143 Å². The number of allylic oxidation sites excluding steroid dienone is 2. The molecule has 1 amide bonds. The number of rotatable bonds is 3. The van der Waals surface area contributed by atoms with E-state index in [1.807, 2.05) is 0 Å². The summed E-state index contributed by atoms with van der Waals surface area (Å²) in [5.41, 5.74) is 0.218. The van der Waals surface area contributed by atoms with Crippen LogP contribution in [0.15, 0.2) is 12.2 Å². The van der Waals surface area contributed by atoms with Crippen molar-refractivity contribution < 1.29 is 4.79 Å². The summed E-state index contributed by atoms with van der Waals surface area (Å²) in [5, 5.41) is 7.61. The number of aromatic amines is 1. The number of carbonyl (C=O) groups excluding carboxylic acids is 1. The fourth-order valence-corrected chi connectivity index (χ4v) is 4.88. The first-order valence-corrected chi connectivity index (χ1v) is 9.45. The minimum Gasteiger partial charge on any atom is -0.341 e. The van der Waals surface area contributed by atoms with Crippen molar-refractivity contribution in [1.82, 2.24) is 20.1 Å². The Bertz CT molecular complexity index is 634. The summed E-state index contributed by atoms with van der Waals surface area (Å²) in [6.07, 6.45) is 11.1. The predicted octanol–water partition coefficient (Wildman–Crippen LogP) is 3.38. The number of amides is 1. The van der Waals surface area contributed by atoms with E-state index in [0.29, 0.717) is 17.7 Å². The molecule has 1 unspecified atom stereocenters. The zero-order valence-electron chi connectivity index (χ0n) is 14.8. The molecule has 0 bridgehead atoms. The quantitative estimate of drug-likeness (QED) is 0.865. The number of H-pyrrole nitrogens is 1. The number of nitrogens with zero attached hydrogens (tertiary/aromatic N) is 3. The first kappa shape index (κ1) is 15.9. The van der Waals surface area contributed by atoms with Gasteiger partial charge >= 0.3 is 0 Å². The molecule has 0 radical (unpaired) electrons. The van der Waals surface area contributed by atoms with E-state index in [-0.39, 0.29) is 11.3 Å². The molecular formula is C19H28N4O. The Morgan fingerprint density at radius 2 is 2.00 bits per heavy atom. The first-order valence-electron chi connectivity index (χ1n) is 9.45. The van der Waals surface area contributed by atoms with Crippen LogP contribution in [0.1, 0.15) is 75.9 Å². The van der Waals surface area contributed by atoms with Crippen LogP contribution in [-0.4, -0.2) is 39.1 Å². The minimum absolute atomic E-state index is 0.170. The molecule has 5 nitrogen and oxygen atoms in total. The maximum Gasteiger partial charge on any atom is 0.226 e. The van der Waals surface area contributed by atoms with Crippen LogP contribution >= 0.6 is 0 Å². The van der Waals surface area contributed by atoms with Crippen LogP contribution in [-0.2, 0) is 4.79 Å². The molecule has 4 rings (SSSR count). The smallest absolute Gasteiger partial charge is 0.226 e. The van der Waals surface area contributed by atoms with Gasteiger partial charge in [-0.25, -0.2) is 4.98 Å². The van der Waals surface area contributed by atoms with Crippen molar-refractivity contribution in [2.24, 2.45) is 11.3 Å². The van der Waals surface area contributed by atoms with E-state index < -0.39 is 0 Å². The van der Waals surface area contributed by atoms with Gasteiger partial charge < -0.3 is 4.90 Å². The summed E-state index contributed by atoms with van der Waals surface area (Å²) in [6, 6.07) is 0. The van der Waals surface area contributed by atoms with E-state index in [1.165, 1.54) is 25.7 Å². The fraction of sp³-hybridized carbons (Fsp3) is 0.737. The van der Waals surface area contributed by atoms with Crippen LogP contribution in [0, 0.1) is 11.3 Å². The van der Waals surface area contributed by atoms with Crippen molar-refractivity contribution in [1.29, 1.82) is 0 Å². The van der Waals surface area contributed by atoms with Crippen LogP contribution in [0.25, 0.3) is 0 Å². The van der Waals surface area contributed by atoms with Crippen LogP contribution < -0.4 is 0 Å². The normalized spacial score (nSPS) is 26.3. The SMILES string of the molecule is CC(C)c1n[nH]c(C2CN(C(=O)C3CC=CC3)CC23CCCC3)n1. The molecule has 0 aromatic carbocycles. The molecule has 1 spiro atoms. The molecule has 3 aliphatic rings. The lowest BCUT2D eigenvalue weighted by Gasteiger charge is -2.28.